The highest BCUT2D eigenvalue weighted by Crippen LogP contribution is 2.25. The molecule has 1 aliphatic rings. The molecule has 0 radical (unpaired) electrons. The van der Waals surface area contributed by atoms with Crippen LogP contribution in [0.4, 0.5) is 5.82 Å². The molecule has 0 bridgehead atoms. The Labute approximate surface area is 134 Å². The van der Waals surface area contributed by atoms with Crippen LogP contribution in [0.15, 0.2) is 30.7 Å². The molecule has 0 saturated carbocycles. The number of nitrogens with zero attached hydrogens (tertiary/aromatic N) is 5. The first-order chi connectivity index (χ1) is 11.2. The summed E-state index contributed by atoms with van der Waals surface area (Å²) in [4.78, 5) is 11.2. The van der Waals surface area contributed by atoms with Crippen LogP contribution in [-0.4, -0.2) is 46.1 Å². The molecule has 0 amide bonds. The van der Waals surface area contributed by atoms with Gasteiger partial charge in [0.25, 0.3) is 0 Å². The van der Waals surface area contributed by atoms with Gasteiger partial charge in [0.2, 0.25) is 0 Å². The molecule has 6 nitrogen and oxygen atoms in total. The van der Waals surface area contributed by atoms with Crippen LogP contribution in [0.2, 0.25) is 0 Å². The van der Waals surface area contributed by atoms with Crippen LogP contribution in [0, 0.1) is 13.8 Å². The van der Waals surface area contributed by atoms with E-state index in [1.807, 2.05) is 10.9 Å². The zero-order valence-electron chi connectivity index (χ0n) is 13.4. The molecule has 0 spiro atoms. The fourth-order valence-electron chi connectivity index (χ4n) is 2.91. The highest BCUT2D eigenvalue weighted by atomic mass is 16.5. The summed E-state index contributed by atoms with van der Waals surface area (Å²) in [6.07, 6.45) is 3.47. The van der Waals surface area contributed by atoms with Gasteiger partial charge in [-0.15, -0.1) is 0 Å². The average Bonchev–Trinajstić information content (AvgIpc) is 3.02. The van der Waals surface area contributed by atoms with Gasteiger partial charge in [0.15, 0.2) is 5.65 Å². The fraction of sp³-hybridized carbons (Fsp3) is 0.353. The number of fused-ring (bicyclic) bond motifs is 1. The van der Waals surface area contributed by atoms with E-state index in [-0.39, 0.29) is 0 Å². The number of hydrogen-bond acceptors (Lipinski definition) is 5. The molecule has 6 heteroatoms. The Morgan fingerprint density at radius 1 is 1.04 bits per heavy atom. The third kappa shape index (κ3) is 2.45. The highest BCUT2D eigenvalue weighted by Gasteiger charge is 2.18. The molecule has 1 saturated heterocycles. The molecule has 2 aromatic heterocycles. The van der Waals surface area contributed by atoms with Crippen LogP contribution in [-0.2, 0) is 4.74 Å². The molecule has 118 valence electrons. The van der Waals surface area contributed by atoms with Crippen molar-refractivity contribution in [2.45, 2.75) is 13.8 Å². The minimum absolute atomic E-state index is 0.733. The quantitative estimate of drug-likeness (QED) is 0.727. The summed E-state index contributed by atoms with van der Waals surface area (Å²) >= 11 is 0. The van der Waals surface area contributed by atoms with Crippen LogP contribution in [0.25, 0.3) is 16.7 Å². The van der Waals surface area contributed by atoms with Crippen molar-refractivity contribution >= 4 is 16.9 Å². The van der Waals surface area contributed by atoms with Gasteiger partial charge in [-0.25, -0.2) is 14.6 Å². The van der Waals surface area contributed by atoms with Crippen molar-refractivity contribution in [1.82, 2.24) is 19.7 Å². The lowest BCUT2D eigenvalue weighted by atomic mass is 10.1. The van der Waals surface area contributed by atoms with Crippen molar-refractivity contribution < 1.29 is 4.74 Å². The van der Waals surface area contributed by atoms with E-state index in [0.29, 0.717) is 0 Å². The van der Waals surface area contributed by atoms with E-state index in [2.05, 4.69) is 52.0 Å². The first-order valence-corrected chi connectivity index (χ1v) is 7.83. The minimum atomic E-state index is 0.733. The average molecular weight is 309 g/mol. The van der Waals surface area contributed by atoms with E-state index in [9.17, 15) is 0 Å². The summed E-state index contributed by atoms with van der Waals surface area (Å²) in [7, 11) is 0. The summed E-state index contributed by atoms with van der Waals surface area (Å²) in [5.41, 5.74) is 4.38. The fourth-order valence-corrected chi connectivity index (χ4v) is 2.91. The van der Waals surface area contributed by atoms with E-state index in [0.717, 1.165) is 48.8 Å². The molecule has 0 aliphatic carbocycles. The third-order valence-corrected chi connectivity index (χ3v) is 4.39. The van der Waals surface area contributed by atoms with E-state index in [1.54, 1.807) is 6.33 Å². The summed E-state index contributed by atoms with van der Waals surface area (Å²) < 4.78 is 7.31. The number of benzene rings is 1. The van der Waals surface area contributed by atoms with Gasteiger partial charge in [-0.1, -0.05) is 6.07 Å². The van der Waals surface area contributed by atoms with Crippen molar-refractivity contribution in [1.29, 1.82) is 0 Å². The second-order valence-corrected chi connectivity index (χ2v) is 5.86. The van der Waals surface area contributed by atoms with Crippen LogP contribution in [0.1, 0.15) is 11.1 Å². The normalized spacial score (nSPS) is 15.3. The van der Waals surface area contributed by atoms with Crippen molar-refractivity contribution in [3.63, 3.8) is 0 Å². The predicted molar refractivity (Wildman–Crippen MR) is 89.2 cm³/mol. The largest absolute Gasteiger partial charge is 0.378 e. The Kier molecular flexibility index (Phi) is 3.46. The summed E-state index contributed by atoms with van der Waals surface area (Å²) in [5.74, 6) is 0.938. The summed E-state index contributed by atoms with van der Waals surface area (Å²) in [6, 6.07) is 6.33. The first kappa shape index (κ1) is 14.1. The molecule has 23 heavy (non-hydrogen) atoms. The first-order valence-electron chi connectivity index (χ1n) is 7.83. The molecular formula is C17H19N5O. The topological polar surface area (TPSA) is 56.1 Å². The third-order valence-electron chi connectivity index (χ3n) is 4.39. The van der Waals surface area contributed by atoms with Crippen molar-refractivity contribution in [2.24, 2.45) is 0 Å². The maximum Gasteiger partial charge on any atom is 0.168 e. The Balaban J connectivity index is 1.82. The van der Waals surface area contributed by atoms with Crippen molar-refractivity contribution in [2.75, 3.05) is 31.2 Å². The molecule has 0 N–H and O–H groups in total. The molecular weight excluding hydrogens is 290 g/mol. The smallest absolute Gasteiger partial charge is 0.168 e. The number of aromatic nitrogens is 4. The Bertz CT molecular complexity index is 851. The molecule has 1 fully saturated rings. The lowest BCUT2D eigenvalue weighted by Gasteiger charge is -2.27. The van der Waals surface area contributed by atoms with Crippen molar-refractivity contribution in [3.8, 4) is 5.69 Å². The molecule has 4 rings (SSSR count). The molecule has 0 unspecified atom stereocenters. The number of morpholine rings is 1. The van der Waals surface area contributed by atoms with E-state index < -0.39 is 0 Å². The lowest BCUT2D eigenvalue weighted by molar-refractivity contribution is 0.122. The van der Waals surface area contributed by atoms with Crippen LogP contribution >= 0.6 is 0 Å². The Morgan fingerprint density at radius 3 is 2.65 bits per heavy atom. The molecule has 3 heterocycles. The SMILES string of the molecule is Cc1ccc(-n2ncc3c(N4CCOCC4)ncnc32)cc1C. The van der Waals surface area contributed by atoms with E-state index in [4.69, 9.17) is 4.74 Å². The van der Waals surface area contributed by atoms with Crippen LogP contribution in [0.3, 0.4) is 0 Å². The number of ether oxygens (including phenoxy) is 1. The summed E-state index contributed by atoms with van der Waals surface area (Å²) in [5, 5.41) is 5.53. The zero-order chi connectivity index (χ0) is 15.8. The number of hydrogen-bond donors (Lipinski definition) is 0. The van der Waals surface area contributed by atoms with Gasteiger partial charge in [-0.3, -0.25) is 0 Å². The highest BCUT2D eigenvalue weighted by molar-refractivity contribution is 5.87. The van der Waals surface area contributed by atoms with Gasteiger partial charge >= 0.3 is 0 Å². The van der Waals surface area contributed by atoms with Crippen LogP contribution in [0.5, 0.6) is 0 Å². The molecule has 1 aliphatic heterocycles. The number of rotatable bonds is 2. The van der Waals surface area contributed by atoms with Gasteiger partial charge in [-0.2, -0.15) is 5.10 Å². The van der Waals surface area contributed by atoms with E-state index in [1.165, 1.54) is 11.1 Å². The maximum atomic E-state index is 5.43. The maximum absolute atomic E-state index is 5.43. The second kappa shape index (κ2) is 5.62. The van der Waals surface area contributed by atoms with Gasteiger partial charge in [0.05, 0.1) is 30.5 Å². The minimum Gasteiger partial charge on any atom is -0.378 e. The Morgan fingerprint density at radius 2 is 1.87 bits per heavy atom. The van der Waals surface area contributed by atoms with Crippen LogP contribution < -0.4 is 4.90 Å². The number of anilines is 1. The molecule has 3 aromatic rings. The molecule has 0 atom stereocenters. The lowest BCUT2D eigenvalue weighted by Crippen LogP contribution is -2.36. The zero-order valence-corrected chi connectivity index (χ0v) is 13.4. The van der Waals surface area contributed by atoms with Gasteiger partial charge < -0.3 is 9.64 Å². The van der Waals surface area contributed by atoms with Crippen molar-refractivity contribution in [3.05, 3.63) is 41.9 Å². The van der Waals surface area contributed by atoms with Gasteiger partial charge in [-0.05, 0) is 37.1 Å². The Hall–Kier alpha value is -2.47. The second-order valence-electron chi connectivity index (χ2n) is 5.86. The van der Waals surface area contributed by atoms with Gasteiger partial charge in [0.1, 0.15) is 12.1 Å². The monoisotopic (exact) mass is 309 g/mol. The number of aryl methyl sites for hydroxylation is 2. The van der Waals surface area contributed by atoms with Gasteiger partial charge in [0, 0.05) is 13.1 Å². The standard InChI is InChI=1S/C17H19N5O/c1-12-3-4-14(9-13(12)2)22-17-15(10-20-22)16(18-11-19-17)21-5-7-23-8-6-21/h3-4,9-11H,5-8H2,1-2H3. The van der Waals surface area contributed by atoms with E-state index >= 15 is 0 Å². The predicted octanol–water partition coefficient (Wildman–Crippen LogP) is 2.27. The summed E-state index contributed by atoms with van der Waals surface area (Å²) in [6.45, 7) is 7.38. The molecule has 1 aromatic carbocycles.